The highest BCUT2D eigenvalue weighted by molar-refractivity contribution is 9.10. The molecule has 1 aromatic heterocycles. The van der Waals surface area contributed by atoms with Crippen LogP contribution in [0.4, 0.5) is 0 Å². The molecule has 1 amide bonds. The molecule has 0 bridgehead atoms. The molecule has 1 heterocycles. The summed E-state index contributed by atoms with van der Waals surface area (Å²) in [4.78, 5) is 11.6. The highest BCUT2D eigenvalue weighted by Gasteiger charge is 2.11. The summed E-state index contributed by atoms with van der Waals surface area (Å²) in [6, 6.07) is 1.62. The monoisotopic (exact) mass is 290 g/mol. The number of carbonyl (C=O) groups is 1. The molecule has 16 heavy (non-hydrogen) atoms. The third-order valence-electron chi connectivity index (χ3n) is 1.93. The zero-order valence-electron chi connectivity index (χ0n) is 9.09. The van der Waals surface area contributed by atoms with Crippen LogP contribution in [0.3, 0.4) is 0 Å². The van der Waals surface area contributed by atoms with Crippen molar-refractivity contribution < 1.29 is 13.9 Å². The first-order valence-corrected chi connectivity index (χ1v) is 5.76. The molecule has 1 aromatic rings. The first-order chi connectivity index (χ1) is 7.75. The molecule has 0 radical (unpaired) electrons. The molecule has 0 aliphatic heterocycles. The van der Waals surface area contributed by atoms with Crippen molar-refractivity contribution >= 4 is 21.8 Å². The van der Waals surface area contributed by atoms with Crippen molar-refractivity contribution in [1.29, 1.82) is 0 Å². The van der Waals surface area contributed by atoms with Gasteiger partial charge in [-0.05, 0) is 22.0 Å². The lowest BCUT2D eigenvalue weighted by Crippen LogP contribution is -2.33. The van der Waals surface area contributed by atoms with Gasteiger partial charge in [-0.15, -0.1) is 0 Å². The molecule has 0 saturated heterocycles. The van der Waals surface area contributed by atoms with Gasteiger partial charge in [-0.25, -0.2) is 0 Å². The Morgan fingerprint density at radius 1 is 1.50 bits per heavy atom. The molecule has 0 aliphatic carbocycles. The number of hydrogen-bond donors (Lipinski definition) is 2. The highest BCUT2D eigenvalue weighted by Crippen LogP contribution is 2.16. The minimum absolute atomic E-state index is 0.144. The second-order valence-electron chi connectivity index (χ2n) is 3.11. The lowest BCUT2D eigenvalue weighted by Gasteiger charge is -2.05. The topological polar surface area (TPSA) is 63.5 Å². The van der Waals surface area contributed by atoms with Crippen LogP contribution in [0.2, 0.25) is 0 Å². The molecule has 5 nitrogen and oxygen atoms in total. The van der Waals surface area contributed by atoms with Crippen molar-refractivity contribution in [3.8, 4) is 0 Å². The molecule has 6 heteroatoms. The fourth-order valence-corrected chi connectivity index (χ4v) is 1.53. The van der Waals surface area contributed by atoms with Gasteiger partial charge in [0.15, 0.2) is 4.67 Å². The van der Waals surface area contributed by atoms with Crippen molar-refractivity contribution in [3.63, 3.8) is 0 Å². The van der Waals surface area contributed by atoms with E-state index in [1.807, 2.05) is 0 Å². The van der Waals surface area contributed by atoms with Gasteiger partial charge in [-0.2, -0.15) is 0 Å². The van der Waals surface area contributed by atoms with Crippen LogP contribution >= 0.6 is 15.9 Å². The molecule has 0 saturated carbocycles. The zero-order chi connectivity index (χ0) is 11.8. The van der Waals surface area contributed by atoms with Crippen LogP contribution in [0.25, 0.3) is 0 Å². The molecule has 0 aliphatic rings. The minimum atomic E-state index is -0.144. The Bertz CT molecular complexity index is 328. The lowest BCUT2D eigenvalue weighted by atomic mass is 10.3. The van der Waals surface area contributed by atoms with Crippen molar-refractivity contribution in [3.05, 3.63) is 22.6 Å². The molecule has 0 spiro atoms. The van der Waals surface area contributed by atoms with Crippen LogP contribution < -0.4 is 10.6 Å². The van der Waals surface area contributed by atoms with Gasteiger partial charge in [-0.1, -0.05) is 0 Å². The number of amides is 1. The molecule has 1 rings (SSSR count). The van der Waals surface area contributed by atoms with E-state index >= 15 is 0 Å². The molecule has 2 N–H and O–H groups in total. The Balaban J connectivity index is 2.14. The minimum Gasteiger partial charge on any atom is -0.457 e. The van der Waals surface area contributed by atoms with E-state index in [0.717, 1.165) is 6.54 Å². The predicted molar refractivity (Wildman–Crippen MR) is 63.5 cm³/mol. The molecular formula is C10H15BrN2O3. The summed E-state index contributed by atoms with van der Waals surface area (Å²) < 4.78 is 10.3. The van der Waals surface area contributed by atoms with E-state index in [1.54, 1.807) is 13.2 Å². The standard InChI is InChI=1S/C10H15BrN2O3/c1-15-7-5-12-3-4-13-10(14)8-2-6-16-9(8)11/h2,6,12H,3-5,7H2,1H3,(H,13,14). The smallest absolute Gasteiger partial charge is 0.255 e. The van der Waals surface area contributed by atoms with E-state index in [1.165, 1.54) is 6.26 Å². The largest absolute Gasteiger partial charge is 0.457 e. The first-order valence-electron chi connectivity index (χ1n) is 4.96. The average Bonchev–Trinajstić information content (AvgIpc) is 2.69. The Labute approximate surface area is 103 Å². The van der Waals surface area contributed by atoms with Crippen molar-refractivity contribution in [1.82, 2.24) is 10.6 Å². The quantitative estimate of drug-likeness (QED) is 0.736. The summed E-state index contributed by atoms with van der Waals surface area (Å²) in [5.74, 6) is -0.144. The SMILES string of the molecule is COCCNCCNC(=O)c1ccoc1Br. The fourth-order valence-electron chi connectivity index (χ4n) is 1.11. The second-order valence-corrected chi connectivity index (χ2v) is 3.83. The van der Waals surface area contributed by atoms with E-state index in [4.69, 9.17) is 9.15 Å². The Hall–Kier alpha value is -0.850. The van der Waals surface area contributed by atoms with E-state index in [9.17, 15) is 4.79 Å². The van der Waals surface area contributed by atoms with E-state index in [0.29, 0.717) is 29.9 Å². The number of rotatable bonds is 7. The predicted octanol–water partition coefficient (Wildman–Crippen LogP) is 1.01. The van der Waals surface area contributed by atoms with Crippen LogP contribution in [0.5, 0.6) is 0 Å². The Morgan fingerprint density at radius 3 is 2.94 bits per heavy atom. The Morgan fingerprint density at radius 2 is 2.31 bits per heavy atom. The van der Waals surface area contributed by atoms with Crippen LogP contribution in [-0.4, -0.2) is 39.3 Å². The van der Waals surface area contributed by atoms with Gasteiger partial charge >= 0.3 is 0 Å². The van der Waals surface area contributed by atoms with Gasteiger partial charge in [0.2, 0.25) is 0 Å². The number of carbonyl (C=O) groups excluding carboxylic acids is 1. The van der Waals surface area contributed by atoms with Gasteiger partial charge in [0.1, 0.15) is 0 Å². The lowest BCUT2D eigenvalue weighted by molar-refractivity contribution is 0.0952. The maximum absolute atomic E-state index is 11.6. The normalized spacial score (nSPS) is 10.4. The zero-order valence-corrected chi connectivity index (χ0v) is 10.7. The van der Waals surface area contributed by atoms with E-state index in [-0.39, 0.29) is 5.91 Å². The van der Waals surface area contributed by atoms with Crippen LogP contribution in [-0.2, 0) is 4.74 Å². The van der Waals surface area contributed by atoms with Crippen molar-refractivity contribution in [2.45, 2.75) is 0 Å². The maximum Gasteiger partial charge on any atom is 0.255 e. The molecule has 0 atom stereocenters. The number of furan rings is 1. The molecule has 0 unspecified atom stereocenters. The summed E-state index contributed by atoms with van der Waals surface area (Å²) in [6.45, 7) is 2.73. The molecule has 0 fully saturated rings. The summed E-state index contributed by atoms with van der Waals surface area (Å²) in [5.41, 5.74) is 0.511. The van der Waals surface area contributed by atoms with Gasteiger partial charge in [0.25, 0.3) is 5.91 Å². The number of hydrogen-bond acceptors (Lipinski definition) is 4. The van der Waals surface area contributed by atoms with E-state index in [2.05, 4.69) is 26.6 Å². The summed E-state index contributed by atoms with van der Waals surface area (Å²) >= 11 is 3.15. The molecular weight excluding hydrogens is 276 g/mol. The van der Waals surface area contributed by atoms with Crippen LogP contribution in [0.1, 0.15) is 10.4 Å². The average molecular weight is 291 g/mol. The third kappa shape index (κ3) is 4.34. The van der Waals surface area contributed by atoms with Gasteiger partial charge < -0.3 is 19.8 Å². The van der Waals surface area contributed by atoms with Gasteiger partial charge in [-0.3, -0.25) is 4.79 Å². The Kier molecular flexibility index (Phi) is 6.14. The number of methoxy groups -OCH3 is 1. The maximum atomic E-state index is 11.6. The van der Waals surface area contributed by atoms with Crippen LogP contribution in [0.15, 0.2) is 21.4 Å². The van der Waals surface area contributed by atoms with Gasteiger partial charge in [0.05, 0.1) is 18.4 Å². The second kappa shape index (κ2) is 7.43. The summed E-state index contributed by atoms with van der Waals surface area (Å²) in [6.07, 6.45) is 1.47. The van der Waals surface area contributed by atoms with Crippen molar-refractivity contribution in [2.24, 2.45) is 0 Å². The fraction of sp³-hybridized carbons (Fsp3) is 0.500. The van der Waals surface area contributed by atoms with Gasteiger partial charge in [0, 0.05) is 26.7 Å². The highest BCUT2D eigenvalue weighted by atomic mass is 79.9. The molecule has 90 valence electrons. The van der Waals surface area contributed by atoms with E-state index < -0.39 is 0 Å². The molecule has 0 aromatic carbocycles. The summed E-state index contributed by atoms with van der Waals surface area (Å²) in [5, 5.41) is 5.90. The third-order valence-corrected chi connectivity index (χ3v) is 2.55. The number of nitrogens with one attached hydrogen (secondary N) is 2. The summed E-state index contributed by atoms with van der Waals surface area (Å²) in [7, 11) is 1.65. The number of ether oxygens (including phenoxy) is 1. The van der Waals surface area contributed by atoms with Crippen molar-refractivity contribution in [2.75, 3.05) is 33.4 Å². The first kappa shape index (κ1) is 13.2. The van der Waals surface area contributed by atoms with Crippen LogP contribution in [0, 0.1) is 0 Å². The number of halogens is 1.